The van der Waals surface area contributed by atoms with Gasteiger partial charge < -0.3 is 0 Å². The molecule has 0 unspecified atom stereocenters. The summed E-state index contributed by atoms with van der Waals surface area (Å²) in [7, 11) is 0. The van der Waals surface area contributed by atoms with Gasteiger partial charge in [-0.25, -0.2) is 0 Å². The summed E-state index contributed by atoms with van der Waals surface area (Å²) in [5, 5.41) is 0. The first-order chi connectivity index (χ1) is 7.67. The molecule has 0 N–H and O–H groups in total. The first kappa shape index (κ1) is 17.0. The highest BCUT2D eigenvalue weighted by atomic mass is 14.4. The molecule has 0 aromatic carbocycles. The standard InChI is InChI=1S/C17H36/c1-13(2)9-17(10-14(3)4,11-15(5)6)12-16(7)8/h13-16H,9-12H2,1-8H3. The van der Waals surface area contributed by atoms with Crippen molar-refractivity contribution in [3.8, 4) is 0 Å². The Kier molecular flexibility index (Phi) is 7.44. The molecule has 0 nitrogen and oxygen atoms in total. The van der Waals surface area contributed by atoms with Crippen molar-refractivity contribution in [2.45, 2.75) is 81.1 Å². The van der Waals surface area contributed by atoms with Crippen LogP contribution in [0, 0.1) is 29.1 Å². The van der Waals surface area contributed by atoms with Crippen molar-refractivity contribution in [3.05, 3.63) is 0 Å². The molecule has 0 saturated carbocycles. The van der Waals surface area contributed by atoms with Crippen LogP contribution in [0.1, 0.15) is 81.1 Å². The van der Waals surface area contributed by atoms with Gasteiger partial charge in [0.15, 0.2) is 0 Å². The minimum atomic E-state index is 0.588. The highest BCUT2D eigenvalue weighted by molar-refractivity contribution is 4.84. The zero-order valence-electron chi connectivity index (χ0n) is 13.6. The van der Waals surface area contributed by atoms with E-state index in [0.717, 1.165) is 23.7 Å². The maximum atomic E-state index is 2.38. The average Bonchev–Trinajstić information content (AvgIpc) is 1.95. The summed E-state index contributed by atoms with van der Waals surface area (Å²) in [6.45, 7) is 19.1. The van der Waals surface area contributed by atoms with E-state index in [0.29, 0.717) is 5.41 Å². The minimum absolute atomic E-state index is 0.588. The quantitative estimate of drug-likeness (QED) is 0.477. The van der Waals surface area contributed by atoms with Gasteiger partial charge in [-0.2, -0.15) is 0 Å². The van der Waals surface area contributed by atoms with Gasteiger partial charge in [0.2, 0.25) is 0 Å². The van der Waals surface area contributed by atoms with E-state index in [1.807, 2.05) is 0 Å². The van der Waals surface area contributed by atoms with E-state index in [9.17, 15) is 0 Å². The van der Waals surface area contributed by atoms with Crippen molar-refractivity contribution in [2.24, 2.45) is 29.1 Å². The predicted octanol–water partition coefficient (Wildman–Crippen LogP) is 6.16. The molecule has 0 rings (SSSR count). The summed E-state index contributed by atoms with van der Waals surface area (Å²) in [5.74, 6) is 3.30. The minimum Gasteiger partial charge on any atom is -0.0628 e. The van der Waals surface area contributed by atoms with E-state index in [1.165, 1.54) is 25.7 Å². The molecule has 0 radical (unpaired) electrons. The largest absolute Gasteiger partial charge is 0.0628 e. The molecule has 0 aliphatic carbocycles. The Labute approximate surface area is 111 Å². The molecule has 0 saturated heterocycles. The summed E-state index contributed by atoms with van der Waals surface area (Å²) < 4.78 is 0. The maximum Gasteiger partial charge on any atom is -0.0288 e. The summed E-state index contributed by atoms with van der Waals surface area (Å²) in [6.07, 6.45) is 5.62. The van der Waals surface area contributed by atoms with Gasteiger partial charge in [-0.15, -0.1) is 0 Å². The molecule has 0 aromatic heterocycles. The van der Waals surface area contributed by atoms with Crippen LogP contribution in [0.5, 0.6) is 0 Å². The lowest BCUT2D eigenvalue weighted by Gasteiger charge is -2.40. The summed E-state index contributed by atoms with van der Waals surface area (Å²) >= 11 is 0. The summed E-state index contributed by atoms with van der Waals surface area (Å²) in [6, 6.07) is 0. The van der Waals surface area contributed by atoms with E-state index >= 15 is 0 Å². The lowest BCUT2D eigenvalue weighted by molar-refractivity contribution is 0.111. The smallest absolute Gasteiger partial charge is 0.0288 e. The molecule has 0 aliphatic rings. The van der Waals surface area contributed by atoms with Crippen molar-refractivity contribution < 1.29 is 0 Å². The first-order valence-corrected chi connectivity index (χ1v) is 7.67. The molecule has 0 spiro atoms. The molecule has 0 bridgehead atoms. The second-order valence-corrected chi connectivity index (χ2v) is 7.89. The number of rotatable bonds is 8. The average molecular weight is 240 g/mol. The topological polar surface area (TPSA) is 0 Å². The van der Waals surface area contributed by atoms with E-state index in [4.69, 9.17) is 0 Å². The first-order valence-electron chi connectivity index (χ1n) is 7.67. The van der Waals surface area contributed by atoms with Crippen LogP contribution < -0.4 is 0 Å². The summed E-state index contributed by atoms with van der Waals surface area (Å²) in [4.78, 5) is 0. The molecule has 17 heavy (non-hydrogen) atoms. The van der Waals surface area contributed by atoms with E-state index in [2.05, 4.69) is 55.4 Å². The molecular weight excluding hydrogens is 204 g/mol. The van der Waals surface area contributed by atoms with Gasteiger partial charge in [-0.05, 0) is 54.8 Å². The SMILES string of the molecule is CC(C)CC(CC(C)C)(CC(C)C)CC(C)C. The van der Waals surface area contributed by atoms with E-state index in [-0.39, 0.29) is 0 Å². The Bertz CT molecular complexity index is 141. The van der Waals surface area contributed by atoms with Crippen LogP contribution >= 0.6 is 0 Å². The van der Waals surface area contributed by atoms with Gasteiger partial charge >= 0.3 is 0 Å². The van der Waals surface area contributed by atoms with Crippen LogP contribution in [0.2, 0.25) is 0 Å². The fourth-order valence-electron chi connectivity index (χ4n) is 3.96. The molecule has 0 heteroatoms. The summed E-state index contributed by atoms with van der Waals surface area (Å²) in [5.41, 5.74) is 0.588. The van der Waals surface area contributed by atoms with Crippen LogP contribution in [0.4, 0.5) is 0 Å². The Morgan fingerprint density at radius 2 is 0.647 bits per heavy atom. The molecule has 0 aliphatic heterocycles. The second-order valence-electron chi connectivity index (χ2n) is 7.89. The van der Waals surface area contributed by atoms with Crippen LogP contribution in [0.3, 0.4) is 0 Å². The van der Waals surface area contributed by atoms with Gasteiger partial charge in [0, 0.05) is 0 Å². The van der Waals surface area contributed by atoms with Gasteiger partial charge in [0.1, 0.15) is 0 Å². The van der Waals surface area contributed by atoms with Crippen LogP contribution in [-0.2, 0) is 0 Å². The van der Waals surface area contributed by atoms with Gasteiger partial charge in [-0.1, -0.05) is 55.4 Å². The fraction of sp³-hybridized carbons (Fsp3) is 1.00. The van der Waals surface area contributed by atoms with Crippen molar-refractivity contribution in [2.75, 3.05) is 0 Å². The Morgan fingerprint density at radius 1 is 0.471 bits per heavy atom. The fourth-order valence-corrected chi connectivity index (χ4v) is 3.96. The van der Waals surface area contributed by atoms with E-state index < -0.39 is 0 Å². The van der Waals surface area contributed by atoms with Crippen LogP contribution in [-0.4, -0.2) is 0 Å². The van der Waals surface area contributed by atoms with Gasteiger partial charge in [-0.3, -0.25) is 0 Å². The van der Waals surface area contributed by atoms with Crippen LogP contribution in [0.25, 0.3) is 0 Å². The van der Waals surface area contributed by atoms with Gasteiger partial charge in [0.25, 0.3) is 0 Å². The highest BCUT2D eigenvalue weighted by Crippen LogP contribution is 2.44. The third-order valence-corrected chi connectivity index (χ3v) is 3.37. The third kappa shape index (κ3) is 7.84. The van der Waals surface area contributed by atoms with Crippen molar-refractivity contribution >= 4 is 0 Å². The predicted molar refractivity (Wildman–Crippen MR) is 80.3 cm³/mol. The molecule has 0 aromatic rings. The van der Waals surface area contributed by atoms with Gasteiger partial charge in [0.05, 0.1) is 0 Å². The lowest BCUT2D eigenvalue weighted by Crippen LogP contribution is -2.29. The second kappa shape index (κ2) is 7.44. The zero-order valence-corrected chi connectivity index (χ0v) is 13.6. The maximum absolute atomic E-state index is 2.38. The lowest BCUT2D eigenvalue weighted by atomic mass is 9.65. The number of hydrogen-bond acceptors (Lipinski definition) is 0. The van der Waals surface area contributed by atoms with E-state index in [1.54, 1.807) is 0 Å². The van der Waals surface area contributed by atoms with Crippen molar-refractivity contribution in [1.82, 2.24) is 0 Å². The van der Waals surface area contributed by atoms with Crippen LogP contribution in [0.15, 0.2) is 0 Å². The molecule has 0 fully saturated rings. The Balaban J connectivity index is 4.89. The highest BCUT2D eigenvalue weighted by Gasteiger charge is 2.33. The van der Waals surface area contributed by atoms with Crippen molar-refractivity contribution in [3.63, 3.8) is 0 Å². The Morgan fingerprint density at radius 3 is 0.765 bits per heavy atom. The third-order valence-electron chi connectivity index (χ3n) is 3.37. The Hall–Kier alpha value is 0. The normalized spacial score (nSPS) is 13.4. The molecule has 104 valence electrons. The molecule has 0 heterocycles. The molecule has 0 amide bonds. The molecular formula is C17H36. The number of hydrogen-bond donors (Lipinski definition) is 0. The molecule has 0 atom stereocenters. The monoisotopic (exact) mass is 240 g/mol. The van der Waals surface area contributed by atoms with Crippen molar-refractivity contribution in [1.29, 1.82) is 0 Å². The zero-order chi connectivity index (χ0) is 13.6.